The number of likely N-dealkylation sites (tertiary alicyclic amines) is 2. The first kappa shape index (κ1) is 37.8. The highest BCUT2D eigenvalue weighted by atomic mass is 16.2. The molecule has 2 fully saturated rings. The van der Waals surface area contributed by atoms with Crippen LogP contribution < -0.4 is 10.6 Å². The maximum Gasteiger partial charge on any atom is 0.249 e. The standard InChI is InChI=1S/C35H63N5O4/c1-11-12-13-15-20-36-31(41)27-19-17-22-40(27)33(43)26(6)23-29(24(2)3)38(10)34(44)30(35(7,8)9)37-32(42)28-18-14-16-21-39(28)25(4)5/h23-25,27-30H,11-22H2,1-10H3,(H,36,41)(H,37,42)/b26-23+. The first-order chi connectivity index (χ1) is 20.6. The molecular formula is C35H63N5O4. The third-order valence-electron chi connectivity index (χ3n) is 9.29. The molecule has 0 radical (unpaired) electrons. The number of likely N-dealkylation sites (N-methyl/N-ethyl adjacent to an activating group) is 1. The normalized spacial score (nSPS) is 21.4. The van der Waals surface area contributed by atoms with Gasteiger partial charge in [0.2, 0.25) is 23.6 Å². The van der Waals surface area contributed by atoms with E-state index in [0.29, 0.717) is 25.1 Å². The fraction of sp³-hybridized carbons (Fsp3) is 0.829. The molecule has 0 aromatic carbocycles. The lowest BCUT2D eigenvalue weighted by molar-refractivity contribution is -0.142. The van der Waals surface area contributed by atoms with Crippen molar-refractivity contribution in [3.63, 3.8) is 0 Å². The number of carbonyl (C=O) groups excluding carboxylic acids is 4. The van der Waals surface area contributed by atoms with Crippen LogP contribution in [0.2, 0.25) is 0 Å². The highest BCUT2D eigenvalue weighted by molar-refractivity contribution is 5.97. The summed E-state index contributed by atoms with van der Waals surface area (Å²) in [6.07, 6.45) is 10.5. The van der Waals surface area contributed by atoms with Gasteiger partial charge in [0, 0.05) is 31.8 Å². The van der Waals surface area contributed by atoms with Gasteiger partial charge in [-0.25, -0.2) is 0 Å². The van der Waals surface area contributed by atoms with E-state index >= 15 is 0 Å². The number of amides is 4. The summed E-state index contributed by atoms with van der Waals surface area (Å²) in [6, 6.07) is -1.52. The van der Waals surface area contributed by atoms with Crippen LogP contribution in [-0.4, -0.2) is 95.2 Å². The van der Waals surface area contributed by atoms with Gasteiger partial charge in [0.1, 0.15) is 12.1 Å². The highest BCUT2D eigenvalue weighted by Crippen LogP contribution is 2.27. The minimum Gasteiger partial charge on any atom is -0.354 e. The number of hydrogen-bond donors (Lipinski definition) is 2. The molecule has 44 heavy (non-hydrogen) atoms. The second kappa shape index (κ2) is 17.3. The zero-order valence-electron chi connectivity index (χ0n) is 29.5. The molecule has 2 saturated heterocycles. The third-order valence-corrected chi connectivity index (χ3v) is 9.29. The van der Waals surface area contributed by atoms with Crippen molar-refractivity contribution in [1.29, 1.82) is 0 Å². The zero-order valence-corrected chi connectivity index (χ0v) is 29.5. The van der Waals surface area contributed by atoms with E-state index in [4.69, 9.17) is 0 Å². The van der Waals surface area contributed by atoms with Gasteiger partial charge in [0.15, 0.2) is 0 Å². The van der Waals surface area contributed by atoms with Gasteiger partial charge in [0.25, 0.3) is 0 Å². The SMILES string of the molecule is CCCCCCNC(=O)C1CCCN1C(=O)/C(C)=C/C(C(C)C)N(C)C(=O)C(NC(=O)C1CCCCN1C(C)C)C(C)(C)C. The van der Waals surface area contributed by atoms with Gasteiger partial charge < -0.3 is 20.4 Å². The molecule has 9 heteroatoms. The summed E-state index contributed by atoms with van der Waals surface area (Å²) in [4.78, 5) is 59.9. The summed E-state index contributed by atoms with van der Waals surface area (Å²) in [5, 5.41) is 6.17. The van der Waals surface area contributed by atoms with Crippen LogP contribution in [0.1, 0.15) is 120 Å². The highest BCUT2D eigenvalue weighted by Gasteiger charge is 2.40. The van der Waals surface area contributed by atoms with Gasteiger partial charge in [-0.3, -0.25) is 24.1 Å². The zero-order chi connectivity index (χ0) is 33.2. The molecule has 4 amide bonds. The smallest absolute Gasteiger partial charge is 0.249 e. The molecule has 252 valence electrons. The number of unbranched alkanes of at least 4 members (excludes halogenated alkanes) is 3. The largest absolute Gasteiger partial charge is 0.354 e. The van der Waals surface area contributed by atoms with Gasteiger partial charge >= 0.3 is 0 Å². The first-order valence-electron chi connectivity index (χ1n) is 17.2. The van der Waals surface area contributed by atoms with Crippen molar-refractivity contribution in [3.05, 3.63) is 11.6 Å². The molecular weight excluding hydrogens is 554 g/mol. The van der Waals surface area contributed by atoms with Gasteiger partial charge in [-0.15, -0.1) is 0 Å². The predicted octanol–water partition coefficient (Wildman–Crippen LogP) is 4.90. The molecule has 0 spiro atoms. The Labute approximate surface area is 267 Å². The van der Waals surface area contributed by atoms with Gasteiger partial charge in [0.05, 0.1) is 12.1 Å². The van der Waals surface area contributed by atoms with Crippen molar-refractivity contribution in [2.24, 2.45) is 11.3 Å². The molecule has 2 heterocycles. The number of nitrogens with one attached hydrogen (secondary N) is 2. The number of rotatable bonds is 14. The summed E-state index contributed by atoms with van der Waals surface area (Å²) < 4.78 is 0. The number of carbonyl (C=O) groups is 4. The van der Waals surface area contributed by atoms with Crippen LogP contribution in [0, 0.1) is 11.3 Å². The Balaban J connectivity index is 2.19. The van der Waals surface area contributed by atoms with Crippen LogP contribution >= 0.6 is 0 Å². The monoisotopic (exact) mass is 617 g/mol. The predicted molar refractivity (Wildman–Crippen MR) is 178 cm³/mol. The Morgan fingerprint density at radius 3 is 2.16 bits per heavy atom. The van der Waals surface area contributed by atoms with E-state index in [1.54, 1.807) is 23.8 Å². The molecule has 0 saturated carbocycles. The summed E-state index contributed by atoms with van der Waals surface area (Å²) in [6.45, 7) is 20.2. The van der Waals surface area contributed by atoms with Crippen molar-refractivity contribution in [1.82, 2.24) is 25.3 Å². The summed E-state index contributed by atoms with van der Waals surface area (Å²) >= 11 is 0. The van der Waals surface area contributed by atoms with E-state index in [1.807, 2.05) is 40.7 Å². The molecule has 0 aromatic rings. The number of hydrogen-bond acceptors (Lipinski definition) is 5. The molecule has 4 unspecified atom stereocenters. The van der Waals surface area contributed by atoms with Crippen molar-refractivity contribution >= 4 is 23.6 Å². The lowest BCUT2D eigenvalue weighted by atomic mass is 9.84. The first-order valence-corrected chi connectivity index (χ1v) is 17.2. The molecule has 9 nitrogen and oxygen atoms in total. The number of nitrogens with zero attached hydrogens (tertiary/aromatic N) is 3. The summed E-state index contributed by atoms with van der Waals surface area (Å²) in [5.74, 6) is -0.475. The molecule has 2 aliphatic heterocycles. The molecule has 0 bridgehead atoms. The second-order valence-corrected chi connectivity index (χ2v) is 14.7. The summed E-state index contributed by atoms with van der Waals surface area (Å²) in [7, 11) is 1.76. The fourth-order valence-electron chi connectivity index (χ4n) is 6.56. The summed E-state index contributed by atoms with van der Waals surface area (Å²) in [5.41, 5.74) is 0.0123. The molecule has 4 atom stereocenters. The Morgan fingerprint density at radius 1 is 0.909 bits per heavy atom. The second-order valence-electron chi connectivity index (χ2n) is 14.7. The van der Waals surface area contributed by atoms with E-state index < -0.39 is 17.5 Å². The lowest BCUT2D eigenvalue weighted by Crippen LogP contribution is -2.60. The lowest BCUT2D eigenvalue weighted by Gasteiger charge is -2.41. The van der Waals surface area contributed by atoms with E-state index in [-0.39, 0.29) is 47.7 Å². The van der Waals surface area contributed by atoms with Crippen LogP contribution in [0.15, 0.2) is 11.6 Å². The van der Waals surface area contributed by atoms with Gasteiger partial charge in [-0.05, 0) is 70.8 Å². The molecule has 2 N–H and O–H groups in total. The number of piperidine rings is 1. The van der Waals surface area contributed by atoms with Crippen molar-refractivity contribution < 1.29 is 19.2 Å². The Kier molecular flexibility index (Phi) is 14.9. The average Bonchev–Trinajstić information content (AvgIpc) is 3.46. The molecule has 0 aromatic heterocycles. The minimum atomic E-state index is -0.717. The molecule has 0 aliphatic carbocycles. The maximum absolute atomic E-state index is 14.1. The third kappa shape index (κ3) is 10.3. The molecule has 2 aliphatic rings. The Morgan fingerprint density at radius 2 is 1.57 bits per heavy atom. The van der Waals surface area contributed by atoms with E-state index in [2.05, 4.69) is 36.3 Å². The van der Waals surface area contributed by atoms with E-state index in [0.717, 1.165) is 57.9 Å². The van der Waals surface area contributed by atoms with Gasteiger partial charge in [-0.1, -0.05) is 73.3 Å². The van der Waals surface area contributed by atoms with Crippen LogP contribution in [0.25, 0.3) is 0 Å². The van der Waals surface area contributed by atoms with Gasteiger partial charge in [-0.2, -0.15) is 0 Å². The fourth-order valence-corrected chi connectivity index (χ4v) is 6.56. The van der Waals surface area contributed by atoms with Crippen molar-refractivity contribution in [2.45, 2.75) is 150 Å². The van der Waals surface area contributed by atoms with Crippen LogP contribution in [0.3, 0.4) is 0 Å². The van der Waals surface area contributed by atoms with Crippen molar-refractivity contribution in [3.8, 4) is 0 Å². The van der Waals surface area contributed by atoms with E-state index in [9.17, 15) is 19.2 Å². The maximum atomic E-state index is 14.1. The van der Waals surface area contributed by atoms with Crippen LogP contribution in [-0.2, 0) is 19.2 Å². The minimum absolute atomic E-state index is 0.0265. The topological polar surface area (TPSA) is 102 Å². The van der Waals surface area contributed by atoms with Crippen LogP contribution in [0.4, 0.5) is 0 Å². The Bertz CT molecular complexity index is 1000. The Hall–Kier alpha value is -2.42. The van der Waals surface area contributed by atoms with E-state index in [1.165, 1.54) is 0 Å². The molecule has 2 rings (SSSR count). The average molecular weight is 618 g/mol. The van der Waals surface area contributed by atoms with Crippen molar-refractivity contribution in [2.75, 3.05) is 26.7 Å². The van der Waals surface area contributed by atoms with Crippen LogP contribution in [0.5, 0.6) is 0 Å². The quantitative estimate of drug-likeness (QED) is 0.213.